The van der Waals surface area contributed by atoms with Gasteiger partial charge >= 0.3 is 0 Å². The van der Waals surface area contributed by atoms with Crippen LogP contribution in [0, 0.1) is 0 Å². The summed E-state index contributed by atoms with van der Waals surface area (Å²) in [5, 5.41) is 239. The van der Waals surface area contributed by atoms with Crippen molar-refractivity contribution in [3.63, 3.8) is 0 Å². The monoisotopic (exact) mass is 1460 g/mol. The average molecular weight is 1460 g/mol. The van der Waals surface area contributed by atoms with Gasteiger partial charge in [0.25, 0.3) is 0 Å². The fourth-order valence-electron chi connectivity index (χ4n) is 13.4. The van der Waals surface area contributed by atoms with Crippen LogP contribution in [0.2, 0.25) is 0 Å². The molecular formula is C58H98N2O40. The van der Waals surface area contributed by atoms with Gasteiger partial charge in [-0.2, -0.15) is 0 Å². The Morgan fingerprint density at radius 3 is 0.840 bits per heavy atom. The standard InChI is InChI=1S/C58H98N2O40/c1-12-25(66)34(75)35(76)52(84-12)100-49-32(73)21(10-62)92-58(41(49)82)94-43-24(60-19(8)65)51(91-20(9-61)31(43)72)95-44-26(67)13(2)86-54(36(44)77)97-46-28(69)15(4)88-56(38(46)79)99-48-30(71)17(6)89-57(40(48)81)98-47-29(70)16(5)87-55(39(47)80)96-45-27(68)14(3)85-53(37(45)78)93-42-22(11-63)90-50(83)23(33(42)74)59-18(7)64/h12-17,20-58,61-63,66-83H,9-11H2,1-8H3,(H,59,64)(H,60,65)/t12-,13-,14-,15-,16-,17-,20+,21+,22+,23+,24+,25-,26-,27-,28-,29-,30-,31+,32-,33+,34+,35+,36+,37+,38+,39+,40+,41+,42+,43+,44+,45+,46+,47+,48+,49-,50+,51-,52-,53-,54-,55-,56-,57-,58+/m0/s1. The van der Waals surface area contributed by atoms with E-state index in [1.807, 2.05) is 0 Å². The molecule has 0 aliphatic carbocycles. The first-order chi connectivity index (χ1) is 47.0. The minimum atomic E-state index is -2.18. The maximum Gasteiger partial charge on any atom is 0.217 e. The van der Waals surface area contributed by atoms with E-state index in [9.17, 15) is 117 Å². The molecule has 45 atom stereocenters. The molecule has 23 N–H and O–H groups in total. The number of carbonyl (C=O) groups is 2. The van der Waals surface area contributed by atoms with Gasteiger partial charge in [-0.15, -0.1) is 0 Å². The number of hydrogen-bond acceptors (Lipinski definition) is 40. The summed E-state index contributed by atoms with van der Waals surface area (Å²) in [5.74, 6) is -1.54. The summed E-state index contributed by atoms with van der Waals surface area (Å²) in [6.07, 6.45) is -77.3. The summed E-state index contributed by atoms with van der Waals surface area (Å²) < 4.78 is 99.1. The number of hydrogen-bond donors (Lipinski definition) is 23. The molecule has 9 heterocycles. The Labute approximate surface area is 570 Å². The van der Waals surface area contributed by atoms with Gasteiger partial charge in [-0.25, -0.2) is 0 Å². The molecule has 100 heavy (non-hydrogen) atoms. The number of aliphatic hydroxyl groups excluding tert-OH is 21. The van der Waals surface area contributed by atoms with Gasteiger partial charge in [-0.1, -0.05) is 0 Å². The second kappa shape index (κ2) is 34.1. The number of ether oxygens (including phenoxy) is 17. The number of rotatable bonds is 21. The second-order valence-corrected chi connectivity index (χ2v) is 26.6. The molecule has 580 valence electrons. The van der Waals surface area contributed by atoms with E-state index >= 15 is 0 Å². The van der Waals surface area contributed by atoms with Crippen LogP contribution in [0.3, 0.4) is 0 Å². The van der Waals surface area contributed by atoms with E-state index in [4.69, 9.17) is 80.5 Å². The normalized spacial score (nSPS) is 53.5. The number of amides is 2. The Morgan fingerprint density at radius 2 is 0.510 bits per heavy atom. The van der Waals surface area contributed by atoms with Crippen molar-refractivity contribution in [2.24, 2.45) is 0 Å². The molecule has 0 unspecified atom stereocenters. The molecule has 0 bridgehead atoms. The van der Waals surface area contributed by atoms with E-state index in [-0.39, 0.29) is 0 Å². The van der Waals surface area contributed by atoms with E-state index in [1.54, 1.807) is 0 Å². The molecule has 9 saturated heterocycles. The largest absolute Gasteiger partial charge is 0.394 e. The number of nitrogens with one attached hydrogen (secondary N) is 2. The Kier molecular flexibility index (Phi) is 27.8. The van der Waals surface area contributed by atoms with Crippen LogP contribution in [-0.2, 0) is 90.1 Å². The molecule has 2 amide bonds. The highest BCUT2D eigenvalue weighted by atomic mass is 16.8. The topological polar surface area (TPSA) is 640 Å². The zero-order chi connectivity index (χ0) is 73.7. The van der Waals surface area contributed by atoms with Crippen molar-refractivity contribution < 1.29 is 197 Å². The Morgan fingerprint density at radius 1 is 0.260 bits per heavy atom. The minimum absolute atomic E-state index is 0.681. The molecule has 42 heteroatoms. The molecular weight excluding hydrogens is 1360 g/mol. The minimum Gasteiger partial charge on any atom is -0.394 e. The highest BCUT2D eigenvalue weighted by molar-refractivity contribution is 5.73. The summed E-state index contributed by atoms with van der Waals surface area (Å²) in [6.45, 7) is 7.14. The molecule has 0 aromatic carbocycles. The van der Waals surface area contributed by atoms with Crippen molar-refractivity contribution in [3.8, 4) is 0 Å². The van der Waals surface area contributed by atoms with Gasteiger partial charge in [-0.3, -0.25) is 9.59 Å². The van der Waals surface area contributed by atoms with Crippen LogP contribution in [-0.4, -0.2) is 415 Å². The fourth-order valence-corrected chi connectivity index (χ4v) is 13.4. The summed E-state index contributed by atoms with van der Waals surface area (Å²) in [5.41, 5.74) is 0. The first-order valence-corrected chi connectivity index (χ1v) is 32.8. The van der Waals surface area contributed by atoms with Crippen LogP contribution in [0.15, 0.2) is 0 Å². The summed E-state index contributed by atoms with van der Waals surface area (Å²) in [4.78, 5) is 24.8. The van der Waals surface area contributed by atoms with Gasteiger partial charge in [-0.05, 0) is 41.5 Å². The smallest absolute Gasteiger partial charge is 0.217 e. The van der Waals surface area contributed by atoms with Crippen LogP contribution in [0.4, 0.5) is 0 Å². The quantitative estimate of drug-likeness (QED) is 0.0507. The first kappa shape index (κ1) is 81.5. The first-order valence-electron chi connectivity index (χ1n) is 32.8. The van der Waals surface area contributed by atoms with Crippen LogP contribution in [0.1, 0.15) is 55.4 Å². The summed E-state index contributed by atoms with van der Waals surface area (Å²) >= 11 is 0. The molecule has 42 nitrogen and oxygen atoms in total. The molecule has 0 aromatic heterocycles. The van der Waals surface area contributed by atoms with Crippen LogP contribution in [0.25, 0.3) is 0 Å². The molecule has 9 rings (SSSR count). The third-order valence-corrected chi connectivity index (χ3v) is 19.3. The van der Waals surface area contributed by atoms with Gasteiger partial charge in [0.05, 0.1) is 56.4 Å². The predicted molar refractivity (Wildman–Crippen MR) is 312 cm³/mol. The van der Waals surface area contributed by atoms with Crippen molar-refractivity contribution in [1.82, 2.24) is 10.6 Å². The third kappa shape index (κ3) is 17.0. The van der Waals surface area contributed by atoms with E-state index in [1.165, 1.54) is 41.5 Å². The summed E-state index contributed by atoms with van der Waals surface area (Å²) in [7, 11) is 0. The second-order valence-electron chi connectivity index (χ2n) is 26.6. The lowest BCUT2D eigenvalue weighted by Gasteiger charge is -2.50. The van der Waals surface area contributed by atoms with E-state index in [2.05, 4.69) is 10.6 Å². The van der Waals surface area contributed by atoms with Gasteiger partial charge in [0.15, 0.2) is 56.6 Å². The molecule has 0 spiro atoms. The van der Waals surface area contributed by atoms with Crippen LogP contribution >= 0.6 is 0 Å². The zero-order valence-corrected chi connectivity index (χ0v) is 55.3. The third-order valence-electron chi connectivity index (χ3n) is 19.3. The molecule has 9 fully saturated rings. The van der Waals surface area contributed by atoms with Crippen molar-refractivity contribution >= 4 is 11.8 Å². The van der Waals surface area contributed by atoms with Gasteiger partial charge in [0.1, 0.15) is 183 Å². The van der Waals surface area contributed by atoms with Crippen molar-refractivity contribution in [1.29, 1.82) is 0 Å². The molecule has 9 aliphatic rings. The number of carbonyl (C=O) groups excluding carboxylic acids is 2. The van der Waals surface area contributed by atoms with Crippen molar-refractivity contribution in [3.05, 3.63) is 0 Å². The van der Waals surface area contributed by atoms with E-state index in [0.717, 1.165) is 13.8 Å². The van der Waals surface area contributed by atoms with Crippen molar-refractivity contribution in [2.75, 3.05) is 19.8 Å². The molecule has 0 saturated carbocycles. The maximum atomic E-state index is 12.9. The van der Waals surface area contributed by atoms with Crippen molar-refractivity contribution in [2.45, 2.75) is 332 Å². The lowest BCUT2D eigenvalue weighted by Crippen LogP contribution is -2.70. The predicted octanol–water partition coefficient (Wildman–Crippen LogP) is -14.2. The highest BCUT2D eigenvalue weighted by Crippen LogP contribution is 2.40. The van der Waals surface area contributed by atoms with E-state index in [0.29, 0.717) is 0 Å². The highest BCUT2D eigenvalue weighted by Gasteiger charge is 2.60. The molecule has 0 radical (unpaired) electrons. The lowest BCUT2D eigenvalue weighted by atomic mass is 9.94. The van der Waals surface area contributed by atoms with Gasteiger partial charge < -0.3 is 198 Å². The zero-order valence-electron chi connectivity index (χ0n) is 55.3. The average Bonchev–Trinajstić information content (AvgIpc) is 0.772. The Hall–Kier alpha value is -2.58. The lowest BCUT2D eigenvalue weighted by molar-refractivity contribution is -0.395. The van der Waals surface area contributed by atoms with Crippen LogP contribution < -0.4 is 10.6 Å². The van der Waals surface area contributed by atoms with Crippen LogP contribution in [0.5, 0.6) is 0 Å². The maximum absolute atomic E-state index is 12.9. The molecule has 0 aromatic rings. The SMILES string of the molecule is CC(=O)N[C@@H]1[C@@H](O)[C@H](O[C@@H]2O[C@@H](C)[C@H](O)[C@@H](O[C@@H]3O[C@@H](C)[C@H](O)[C@@H](O[C@@H]4O[C@@H](C)[C@H](O)[C@@H](O[C@@H]5O[C@@H](C)[C@H](O)[C@@H](O[C@@H]6O[C@@H](C)[C@H](O)[C@@H](O[C@@H]7O[C@H](CO)[C@@H](O)[C@H](O[C@H]8O[C@H](CO)[C@H](O)[C@H](O[C@@H]9O[C@@H](C)[C@H](O)[C@@H](O)[C@H]9O)[C@H]8O)[C@H]7NC(C)=O)[C@H]6O)[C@H]5O)[C@H]4O)[C@H]3O)[C@H]2O)[C@@H](CO)O[C@H]1O. The molecule has 9 aliphatic heterocycles. The van der Waals surface area contributed by atoms with E-state index < -0.39 is 308 Å². The van der Waals surface area contributed by atoms with Gasteiger partial charge in [0, 0.05) is 13.8 Å². The fraction of sp³-hybridized carbons (Fsp3) is 0.966. The summed E-state index contributed by atoms with van der Waals surface area (Å²) in [6, 6.07) is -3.26. The Balaban J connectivity index is 0.867. The van der Waals surface area contributed by atoms with Gasteiger partial charge in [0.2, 0.25) is 11.8 Å². The Bertz CT molecular complexity index is 2600. The number of aliphatic hydroxyl groups is 21.